The molecular weight excluding hydrogens is 262 g/mol. The Kier molecular flexibility index (Phi) is 3.75. The van der Waals surface area contributed by atoms with Crippen LogP contribution in [0.15, 0.2) is 36.5 Å². The summed E-state index contributed by atoms with van der Waals surface area (Å²) in [5.41, 5.74) is 3.34. The molecule has 0 amide bonds. The molecule has 0 fully saturated rings. The molecule has 0 radical (unpaired) electrons. The van der Waals surface area contributed by atoms with Crippen LogP contribution < -0.4 is 5.32 Å². The van der Waals surface area contributed by atoms with E-state index in [2.05, 4.69) is 47.7 Å². The molecule has 0 saturated carbocycles. The van der Waals surface area contributed by atoms with Crippen molar-refractivity contribution in [3.8, 4) is 0 Å². The van der Waals surface area contributed by atoms with E-state index in [-0.39, 0.29) is 6.04 Å². The molecule has 21 heavy (non-hydrogen) atoms. The maximum atomic E-state index is 4.73. The van der Waals surface area contributed by atoms with Crippen LogP contribution in [0.2, 0.25) is 0 Å². The number of aromatic nitrogens is 4. The van der Waals surface area contributed by atoms with Gasteiger partial charge in [-0.3, -0.25) is 9.36 Å². The van der Waals surface area contributed by atoms with Crippen molar-refractivity contribution in [3.05, 3.63) is 47.9 Å². The van der Waals surface area contributed by atoms with Crippen molar-refractivity contribution in [1.82, 2.24) is 24.9 Å². The van der Waals surface area contributed by atoms with Crippen LogP contribution in [0.25, 0.3) is 10.9 Å². The Morgan fingerprint density at radius 3 is 2.67 bits per heavy atom. The highest BCUT2D eigenvalue weighted by atomic mass is 15.3. The van der Waals surface area contributed by atoms with E-state index in [0.29, 0.717) is 0 Å². The summed E-state index contributed by atoms with van der Waals surface area (Å²) in [5.74, 6) is 0. The van der Waals surface area contributed by atoms with Crippen molar-refractivity contribution < 1.29 is 0 Å². The predicted octanol–water partition coefficient (Wildman–Crippen LogP) is 2.20. The average Bonchev–Trinajstić information content (AvgIpc) is 3.03. The number of benzene rings is 1. The summed E-state index contributed by atoms with van der Waals surface area (Å²) >= 11 is 0. The minimum absolute atomic E-state index is 0.177. The van der Waals surface area contributed by atoms with Crippen LogP contribution in [0, 0.1) is 0 Å². The molecule has 110 valence electrons. The van der Waals surface area contributed by atoms with Gasteiger partial charge in [-0.25, -0.2) is 0 Å². The normalized spacial score (nSPS) is 12.9. The van der Waals surface area contributed by atoms with Crippen molar-refractivity contribution in [1.29, 1.82) is 0 Å². The number of nitrogens with zero attached hydrogens (tertiary/aromatic N) is 4. The Hall–Kier alpha value is -2.14. The topological polar surface area (TPSA) is 47.7 Å². The van der Waals surface area contributed by atoms with Crippen molar-refractivity contribution in [2.24, 2.45) is 14.1 Å². The standard InChI is InChI=1S/C16H21N5/c1-4-17-14(11-12-9-10-20(2)18-12)16-13-7-5-6-8-15(13)21(3)19-16/h5-10,14,17H,4,11H2,1-3H3. The SMILES string of the molecule is CCNC(Cc1ccn(C)n1)c1nn(C)c2ccccc12. The Morgan fingerprint density at radius 1 is 1.14 bits per heavy atom. The van der Waals surface area contributed by atoms with E-state index in [1.807, 2.05) is 29.7 Å². The molecule has 1 unspecified atom stereocenters. The number of hydrogen-bond acceptors (Lipinski definition) is 3. The van der Waals surface area contributed by atoms with E-state index in [4.69, 9.17) is 5.10 Å². The number of para-hydroxylation sites is 1. The monoisotopic (exact) mass is 283 g/mol. The highest BCUT2D eigenvalue weighted by Gasteiger charge is 2.19. The van der Waals surface area contributed by atoms with Gasteiger partial charge in [0.25, 0.3) is 0 Å². The molecule has 5 heteroatoms. The van der Waals surface area contributed by atoms with Gasteiger partial charge in [0, 0.05) is 32.1 Å². The van der Waals surface area contributed by atoms with Crippen LogP contribution in [-0.4, -0.2) is 26.1 Å². The van der Waals surface area contributed by atoms with E-state index in [1.54, 1.807) is 0 Å². The van der Waals surface area contributed by atoms with Gasteiger partial charge >= 0.3 is 0 Å². The summed E-state index contributed by atoms with van der Waals surface area (Å²) in [5, 5.41) is 14.0. The number of nitrogens with one attached hydrogen (secondary N) is 1. The molecule has 3 aromatic rings. The molecular formula is C16H21N5. The van der Waals surface area contributed by atoms with E-state index in [9.17, 15) is 0 Å². The first-order valence-electron chi connectivity index (χ1n) is 7.32. The van der Waals surface area contributed by atoms with Crippen molar-refractivity contribution in [2.45, 2.75) is 19.4 Å². The molecule has 1 N–H and O–H groups in total. The number of likely N-dealkylation sites (N-methyl/N-ethyl adjacent to an activating group) is 1. The quantitative estimate of drug-likeness (QED) is 0.781. The molecule has 1 aromatic carbocycles. The Balaban J connectivity index is 1.99. The molecule has 0 aliphatic heterocycles. The Labute approximate surface area is 124 Å². The highest BCUT2D eigenvalue weighted by molar-refractivity contribution is 5.82. The van der Waals surface area contributed by atoms with Gasteiger partial charge in [-0.1, -0.05) is 25.1 Å². The first kappa shape index (κ1) is 13.8. The minimum atomic E-state index is 0.177. The summed E-state index contributed by atoms with van der Waals surface area (Å²) in [6.07, 6.45) is 2.82. The summed E-state index contributed by atoms with van der Waals surface area (Å²) < 4.78 is 3.79. The number of rotatable bonds is 5. The van der Waals surface area contributed by atoms with Gasteiger partial charge in [0.15, 0.2) is 0 Å². The molecule has 0 spiro atoms. The molecule has 0 saturated heterocycles. The smallest absolute Gasteiger partial charge is 0.0876 e. The van der Waals surface area contributed by atoms with E-state index >= 15 is 0 Å². The lowest BCUT2D eigenvalue weighted by Gasteiger charge is -2.15. The number of hydrogen-bond donors (Lipinski definition) is 1. The lowest BCUT2D eigenvalue weighted by molar-refractivity contribution is 0.522. The van der Waals surface area contributed by atoms with Gasteiger partial charge in [-0.2, -0.15) is 10.2 Å². The van der Waals surface area contributed by atoms with Crippen LogP contribution in [0.1, 0.15) is 24.4 Å². The zero-order chi connectivity index (χ0) is 14.8. The Morgan fingerprint density at radius 2 is 1.95 bits per heavy atom. The average molecular weight is 283 g/mol. The number of fused-ring (bicyclic) bond motifs is 1. The molecule has 2 aromatic heterocycles. The van der Waals surface area contributed by atoms with Gasteiger partial charge in [0.05, 0.1) is 22.9 Å². The molecule has 0 aliphatic rings. The van der Waals surface area contributed by atoms with Crippen LogP contribution in [0.3, 0.4) is 0 Å². The van der Waals surface area contributed by atoms with Gasteiger partial charge in [0.2, 0.25) is 0 Å². The fourth-order valence-corrected chi connectivity index (χ4v) is 2.79. The van der Waals surface area contributed by atoms with E-state index < -0.39 is 0 Å². The minimum Gasteiger partial charge on any atom is -0.309 e. The highest BCUT2D eigenvalue weighted by Crippen LogP contribution is 2.25. The second-order valence-corrected chi connectivity index (χ2v) is 5.32. The zero-order valence-corrected chi connectivity index (χ0v) is 12.7. The molecule has 5 nitrogen and oxygen atoms in total. The number of aryl methyl sites for hydroxylation is 2. The van der Waals surface area contributed by atoms with Gasteiger partial charge in [-0.05, 0) is 18.7 Å². The predicted molar refractivity (Wildman–Crippen MR) is 84.0 cm³/mol. The molecule has 0 aliphatic carbocycles. The van der Waals surface area contributed by atoms with Gasteiger partial charge in [-0.15, -0.1) is 0 Å². The third-order valence-electron chi connectivity index (χ3n) is 3.75. The maximum Gasteiger partial charge on any atom is 0.0876 e. The fraction of sp³-hybridized carbons (Fsp3) is 0.375. The largest absolute Gasteiger partial charge is 0.309 e. The van der Waals surface area contributed by atoms with Crippen molar-refractivity contribution in [3.63, 3.8) is 0 Å². The summed E-state index contributed by atoms with van der Waals surface area (Å²) in [6, 6.07) is 10.6. The second-order valence-electron chi connectivity index (χ2n) is 5.32. The van der Waals surface area contributed by atoms with Crippen LogP contribution in [0.5, 0.6) is 0 Å². The summed E-state index contributed by atoms with van der Waals surface area (Å²) in [6.45, 7) is 3.03. The summed E-state index contributed by atoms with van der Waals surface area (Å²) in [4.78, 5) is 0. The van der Waals surface area contributed by atoms with Crippen LogP contribution in [0.4, 0.5) is 0 Å². The molecule has 2 heterocycles. The maximum absolute atomic E-state index is 4.73. The van der Waals surface area contributed by atoms with Crippen molar-refractivity contribution >= 4 is 10.9 Å². The Bertz CT molecular complexity index is 740. The third kappa shape index (κ3) is 2.69. The second kappa shape index (κ2) is 5.69. The van der Waals surface area contributed by atoms with Gasteiger partial charge in [0.1, 0.15) is 0 Å². The van der Waals surface area contributed by atoms with Crippen LogP contribution in [-0.2, 0) is 20.5 Å². The third-order valence-corrected chi connectivity index (χ3v) is 3.75. The first-order valence-corrected chi connectivity index (χ1v) is 7.32. The van der Waals surface area contributed by atoms with E-state index in [1.165, 1.54) is 5.39 Å². The van der Waals surface area contributed by atoms with Crippen LogP contribution >= 0.6 is 0 Å². The van der Waals surface area contributed by atoms with Gasteiger partial charge < -0.3 is 5.32 Å². The lowest BCUT2D eigenvalue weighted by atomic mass is 10.0. The fourth-order valence-electron chi connectivity index (χ4n) is 2.79. The summed E-state index contributed by atoms with van der Waals surface area (Å²) in [7, 11) is 3.94. The molecule has 1 atom stereocenters. The zero-order valence-electron chi connectivity index (χ0n) is 12.7. The first-order chi connectivity index (χ1) is 10.2. The molecule has 3 rings (SSSR count). The van der Waals surface area contributed by atoms with E-state index in [0.717, 1.165) is 29.9 Å². The van der Waals surface area contributed by atoms with Crippen molar-refractivity contribution in [2.75, 3.05) is 6.54 Å². The molecule has 0 bridgehead atoms. The lowest BCUT2D eigenvalue weighted by Crippen LogP contribution is -2.24.